The number of hydrogen-bond donors (Lipinski definition) is 1. The average molecular weight is 257 g/mol. The first-order chi connectivity index (χ1) is 8.29. The molecule has 6 heteroatoms. The van der Waals surface area contributed by atoms with Crippen molar-refractivity contribution >= 4 is 11.9 Å². The van der Waals surface area contributed by atoms with Gasteiger partial charge in [0.05, 0.1) is 25.3 Å². The van der Waals surface area contributed by atoms with Crippen molar-refractivity contribution in [2.24, 2.45) is 0 Å². The lowest BCUT2D eigenvalue weighted by molar-refractivity contribution is -0.153. The Kier molecular flexibility index (Phi) is 3.33. The molecular formula is C12H19NO5. The number of carbonyl (C=O) groups excluding carboxylic acids is 2. The van der Waals surface area contributed by atoms with Gasteiger partial charge in [-0.05, 0) is 20.8 Å². The lowest BCUT2D eigenvalue weighted by Gasteiger charge is -2.46. The van der Waals surface area contributed by atoms with Crippen LogP contribution < -0.4 is 0 Å². The predicted molar refractivity (Wildman–Crippen MR) is 62.1 cm³/mol. The van der Waals surface area contributed by atoms with E-state index in [2.05, 4.69) is 0 Å². The zero-order chi connectivity index (χ0) is 13.5. The summed E-state index contributed by atoms with van der Waals surface area (Å²) in [6.45, 7) is 5.82. The van der Waals surface area contributed by atoms with Crippen molar-refractivity contribution < 1.29 is 24.2 Å². The molecule has 2 aliphatic heterocycles. The molecule has 0 aromatic carbocycles. The molecular weight excluding hydrogens is 238 g/mol. The molecule has 2 heterocycles. The number of aliphatic hydroxyl groups excluding tert-OH is 1. The van der Waals surface area contributed by atoms with Crippen LogP contribution in [0.4, 0.5) is 4.79 Å². The molecule has 0 aromatic rings. The van der Waals surface area contributed by atoms with Gasteiger partial charge in [0, 0.05) is 6.42 Å². The van der Waals surface area contributed by atoms with Crippen molar-refractivity contribution in [3.63, 3.8) is 0 Å². The van der Waals surface area contributed by atoms with Gasteiger partial charge in [-0.2, -0.15) is 0 Å². The summed E-state index contributed by atoms with van der Waals surface area (Å²) in [4.78, 5) is 25.1. The number of fused-ring (bicyclic) bond motifs is 2. The second-order valence-electron chi connectivity index (χ2n) is 5.76. The van der Waals surface area contributed by atoms with E-state index >= 15 is 0 Å². The van der Waals surface area contributed by atoms with Crippen LogP contribution in [0, 0.1) is 0 Å². The lowest BCUT2D eigenvalue weighted by atomic mass is 9.91. The Bertz CT molecular complexity index is 362. The molecule has 0 spiro atoms. The maximum Gasteiger partial charge on any atom is 0.411 e. The Morgan fingerprint density at radius 3 is 2.72 bits per heavy atom. The van der Waals surface area contributed by atoms with Gasteiger partial charge < -0.3 is 14.6 Å². The monoisotopic (exact) mass is 257 g/mol. The minimum absolute atomic E-state index is 0.122. The molecule has 0 aromatic heterocycles. The number of ether oxygens (including phenoxy) is 2. The maximum atomic E-state index is 12.1. The highest BCUT2D eigenvalue weighted by Gasteiger charge is 2.48. The number of Topliss-reactive ketones (excluding diaryl/α,β-unsaturated/α-hetero) is 1. The molecule has 3 atom stereocenters. The van der Waals surface area contributed by atoms with Crippen molar-refractivity contribution in [1.82, 2.24) is 4.90 Å². The molecule has 0 saturated carbocycles. The summed E-state index contributed by atoms with van der Waals surface area (Å²) in [5, 5.41) is 9.83. The molecule has 2 saturated heterocycles. The molecule has 0 aliphatic carbocycles. The number of piperidine rings is 1. The summed E-state index contributed by atoms with van der Waals surface area (Å²) in [6, 6.07) is -0.950. The average Bonchev–Trinajstić information content (AvgIpc) is 2.23. The maximum absolute atomic E-state index is 12.1. The van der Waals surface area contributed by atoms with Crippen molar-refractivity contribution in [3.8, 4) is 0 Å². The molecule has 2 bridgehead atoms. The highest BCUT2D eigenvalue weighted by Crippen LogP contribution is 2.27. The number of morpholine rings is 1. The van der Waals surface area contributed by atoms with Crippen LogP contribution in [0.3, 0.4) is 0 Å². The van der Waals surface area contributed by atoms with Crippen LogP contribution in [0.5, 0.6) is 0 Å². The second kappa shape index (κ2) is 4.51. The van der Waals surface area contributed by atoms with E-state index in [1.807, 2.05) is 0 Å². The number of ketones is 1. The van der Waals surface area contributed by atoms with Gasteiger partial charge in [-0.15, -0.1) is 0 Å². The number of rotatable bonds is 0. The van der Waals surface area contributed by atoms with Gasteiger partial charge in [-0.25, -0.2) is 4.79 Å². The van der Waals surface area contributed by atoms with Crippen LogP contribution in [0.1, 0.15) is 27.2 Å². The van der Waals surface area contributed by atoms with Gasteiger partial charge in [-0.1, -0.05) is 0 Å². The van der Waals surface area contributed by atoms with Crippen LogP contribution in [0.15, 0.2) is 0 Å². The van der Waals surface area contributed by atoms with E-state index in [0.29, 0.717) is 6.61 Å². The van der Waals surface area contributed by atoms with Gasteiger partial charge in [-0.3, -0.25) is 9.69 Å². The fourth-order valence-electron chi connectivity index (χ4n) is 2.32. The quantitative estimate of drug-likeness (QED) is 0.676. The third-order valence-electron chi connectivity index (χ3n) is 3.09. The molecule has 6 nitrogen and oxygen atoms in total. The normalized spacial score (nSPS) is 32.3. The summed E-state index contributed by atoms with van der Waals surface area (Å²) in [6.07, 6.45) is -1.54. The van der Waals surface area contributed by atoms with E-state index in [4.69, 9.17) is 9.47 Å². The fourth-order valence-corrected chi connectivity index (χ4v) is 2.32. The van der Waals surface area contributed by atoms with Crippen molar-refractivity contribution in [2.75, 3.05) is 13.2 Å². The van der Waals surface area contributed by atoms with E-state index in [1.165, 1.54) is 4.90 Å². The van der Waals surface area contributed by atoms with Crippen LogP contribution >= 0.6 is 0 Å². The molecule has 102 valence electrons. The molecule has 18 heavy (non-hydrogen) atoms. The van der Waals surface area contributed by atoms with Gasteiger partial charge in [0.15, 0.2) is 5.78 Å². The van der Waals surface area contributed by atoms with Gasteiger partial charge in [0.1, 0.15) is 11.7 Å². The molecule has 2 fully saturated rings. The zero-order valence-electron chi connectivity index (χ0n) is 10.9. The molecule has 3 unspecified atom stereocenters. The van der Waals surface area contributed by atoms with Crippen LogP contribution in [-0.2, 0) is 14.3 Å². The summed E-state index contributed by atoms with van der Waals surface area (Å²) < 4.78 is 10.6. The predicted octanol–water partition coefficient (Wildman–Crippen LogP) is 0.325. The highest BCUT2D eigenvalue weighted by molar-refractivity contribution is 5.87. The number of amides is 1. The minimum atomic E-state index is -1.17. The molecule has 1 amide bonds. The molecule has 1 N–H and O–H groups in total. The topological polar surface area (TPSA) is 76.1 Å². The first kappa shape index (κ1) is 13.3. The summed E-state index contributed by atoms with van der Waals surface area (Å²) >= 11 is 0. The largest absolute Gasteiger partial charge is 0.444 e. The van der Waals surface area contributed by atoms with Crippen LogP contribution in [-0.4, -0.2) is 58.9 Å². The van der Waals surface area contributed by atoms with E-state index in [1.54, 1.807) is 20.8 Å². The number of nitrogens with zero attached hydrogens (tertiary/aromatic N) is 1. The minimum Gasteiger partial charge on any atom is -0.444 e. The highest BCUT2D eigenvalue weighted by atomic mass is 16.6. The number of aliphatic hydroxyl groups is 1. The van der Waals surface area contributed by atoms with E-state index in [9.17, 15) is 14.7 Å². The number of carbonyl (C=O) groups is 2. The van der Waals surface area contributed by atoms with Gasteiger partial charge >= 0.3 is 6.09 Å². The van der Waals surface area contributed by atoms with Crippen molar-refractivity contribution in [2.45, 2.75) is 51.0 Å². The van der Waals surface area contributed by atoms with Gasteiger partial charge in [0.25, 0.3) is 0 Å². The molecule has 0 radical (unpaired) electrons. The summed E-state index contributed by atoms with van der Waals surface area (Å²) in [5.41, 5.74) is -0.599. The third kappa shape index (κ3) is 2.49. The van der Waals surface area contributed by atoms with Crippen LogP contribution in [0.25, 0.3) is 0 Å². The standard InChI is InChI=1S/C12H19NO5/c1-12(2,3)18-11(16)13-7-4-9(14)10(15)8(13)6-17-5-7/h7-8,10,15H,4-6H2,1-3H3. The molecule has 2 rings (SSSR count). The SMILES string of the molecule is CC(C)(C)OC(=O)N1C2COCC1C(O)C(=O)C2. The third-order valence-corrected chi connectivity index (χ3v) is 3.09. The fraction of sp³-hybridized carbons (Fsp3) is 0.833. The van der Waals surface area contributed by atoms with Crippen molar-refractivity contribution in [3.05, 3.63) is 0 Å². The van der Waals surface area contributed by atoms with E-state index < -0.39 is 23.8 Å². The first-order valence-electron chi connectivity index (χ1n) is 6.09. The Labute approximate surface area is 106 Å². The lowest BCUT2D eigenvalue weighted by Crippen LogP contribution is -2.65. The second-order valence-corrected chi connectivity index (χ2v) is 5.76. The Morgan fingerprint density at radius 1 is 1.44 bits per heavy atom. The van der Waals surface area contributed by atoms with E-state index in [-0.39, 0.29) is 24.9 Å². The Hall–Kier alpha value is -1.14. The summed E-state index contributed by atoms with van der Waals surface area (Å²) in [7, 11) is 0. The number of hydrogen-bond acceptors (Lipinski definition) is 5. The van der Waals surface area contributed by atoms with Crippen molar-refractivity contribution in [1.29, 1.82) is 0 Å². The zero-order valence-corrected chi connectivity index (χ0v) is 10.9. The Morgan fingerprint density at radius 2 is 2.11 bits per heavy atom. The first-order valence-corrected chi connectivity index (χ1v) is 6.09. The molecule has 2 aliphatic rings. The smallest absolute Gasteiger partial charge is 0.411 e. The van der Waals surface area contributed by atoms with E-state index in [0.717, 1.165) is 0 Å². The summed E-state index contributed by atoms with van der Waals surface area (Å²) in [5.74, 6) is -0.229. The van der Waals surface area contributed by atoms with Crippen LogP contribution in [0.2, 0.25) is 0 Å². The van der Waals surface area contributed by atoms with Gasteiger partial charge in [0.2, 0.25) is 0 Å². The Balaban J connectivity index is 2.16.